The summed E-state index contributed by atoms with van der Waals surface area (Å²) in [7, 11) is 0. The molecule has 0 aliphatic heterocycles. The van der Waals surface area contributed by atoms with Crippen LogP contribution in [0.5, 0.6) is 0 Å². The van der Waals surface area contributed by atoms with Crippen LogP contribution >= 0.6 is 0 Å². The fraction of sp³-hybridized carbons (Fsp3) is 0.429. The minimum Gasteiger partial charge on any atom is -0.289 e. The second kappa shape index (κ2) is 5.22. The van der Waals surface area contributed by atoms with Crippen molar-refractivity contribution in [3.8, 4) is 0 Å². The molecule has 0 fully saturated rings. The van der Waals surface area contributed by atoms with Crippen molar-refractivity contribution in [3.05, 3.63) is 12.8 Å². The first-order valence-electron chi connectivity index (χ1n) is 2.96. The normalized spacial score (nSPS) is 12.4. The maximum absolute atomic E-state index is 4.08. The van der Waals surface area contributed by atoms with E-state index in [9.17, 15) is 0 Å². The summed E-state index contributed by atoms with van der Waals surface area (Å²) in [6.45, 7) is 8.16. The third-order valence-electron chi connectivity index (χ3n) is 0.774. The lowest BCUT2D eigenvalue weighted by Crippen LogP contribution is -1.91. The maximum atomic E-state index is 4.08. The third-order valence-corrected chi connectivity index (χ3v) is 0.774. The zero-order valence-corrected chi connectivity index (χ0v) is 5.96. The molecule has 0 radical (unpaired) electrons. The van der Waals surface area contributed by atoms with Gasteiger partial charge in [-0.2, -0.15) is 0 Å². The van der Waals surface area contributed by atoms with Gasteiger partial charge in [0.2, 0.25) is 0 Å². The number of rotatable bonds is 3. The van der Waals surface area contributed by atoms with Gasteiger partial charge in [0.05, 0.1) is 0 Å². The molecule has 2 nitrogen and oxygen atoms in total. The van der Waals surface area contributed by atoms with Gasteiger partial charge in [-0.25, -0.2) is 0 Å². The van der Waals surface area contributed by atoms with Crippen LogP contribution in [0.1, 0.15) is 13.8 Å². The van der Waals surface area contributed by atoms with Crippen molar-refractivity contribution in [1.82, 2.24) is 0 Å². The van der Waals surface area contributed by atoms with Gasteiger partial charge in [0.15, 0.2) is 0 Å². The number of hydrogen-bond acceptors (Lipinski definition) is 2. The standard InChI is InChI=1S/C7H12N2/c1-4-8-6-7(3)9-5-2/h4,6H,1,5H2,2-3H3/b8-6-,9-7+. The molecule has 0 saturated carbocycles. The van der Waals surface area contributed by atoms with Crippen molar-refractivity contribution in [2.45, 2.75) is 13.8 Å². The van der Waals surface area contributed by atoms with E-state index >= 15 is 0 Å². The molecule has 0 aromatic carbocycles. The summed E-state index contributed by atoms with van der Waals surface area (Å²) in [4.78, 5) is 7.88. The van der Waals surface area contributed by atoms with Crippen LogP contribution < -0.4 is 0 Å². The first kappa shape index (κ1) is 8.08. The summed E-state index contributed by atoms with van der Waals surface area (Å²) in [5.41, 5.74) is 0.942. The molecule has 0 spiro atoms. The van der Waals surface area contributed by atoms with Gasteiger partial charge in [0, 0.05) is 24.7 Å². The summed E-state index contributed by atoms with van der Waals surface area (Å²) in [5, 5.41) is 0. The molecule has 0 aromatic rings. The van der Waals surface area contributed by atoms with Crippen LogP contribution in [0.15, 0.2) is 22.8 Å². The number of aliphatic imine (C=N–C) groups is 2. The molecular formula is C7H12N2. The van der Waals surface area contributed by atoms with Gasteiger partial charge in [-0.1, -0.05) is 6.58 Å². The Bertz CT molecular complexity index is 134. The summed E-state index contributed by atoms with van der Waals surface area (Å²) < 4.78 is 0. The predicted octanol–water partition coefficient (Wildman–Crippen LogP) is 1.68. The van der Waals surface area contributed by atoms with Crippen molar-refractivity contribution in [1.29, 1.82) is 0 Å². The molecule has 0 aromatic heterocycles. The van der Waals surface area contributed by atoms with Crippen LogP contribution in [0.4, 0.5) is 0 Å². The van der Waals surface area contributed by atoms with Gasteiger partial charge < -0.3 is 0 Å². The summed E-state index contributed by atoms with van der Waals surface area (Å²) >= 11 is 0. The van der Waals surface area contributed by atoms with Crippen LogP contribution in [0.3, 0.4) is 0 Å². The molecule has 9 heavy (non-hydrogen) atoms. The van der Waals surface area contributed by atoms with E-state index in [2.05, 4.69) is 16.6 Å². The highest BCUT2D eigenvalue weighted by Gasteiger charge is 1.77. The second-order valence-electron chi connectivity index (χ2n) is 1.58. The largest absolute Gasteiger partial charge is 0.289 e. The van der Waals surface area contributed by atoms with Gasteiger partial charge >= 0.3 is 0 Å². The number of hydrogen-bond donors (Lipinski definition) is 0. The van der Waals surface area contributed by atoms with E-state index in [1.165, 1.54) is 6.20 Å². The zero-order chi connectivity index (χ0) is 7.11. The molecule has 0 rings (SSSR count). The zero-order valence-electron chi connectivity index (χ0n) is 5.96. The lowest BCUT2D eigenvalue weighted by Gasteiger charge is -1.85. The number of nitrogens with zero attached hydrogens (tertiary/aromatic N) is 2. The van der Waals surface area contributed by atoms with E-state index in [1.54, 1.807) is 6.21 Å². The molecular weight excluding hydrogens is 112 g/mol. The van der Waals surface area contributed by atoms with Crippen molar-refractivity contribution < 1.29 is 0 Å². The van der Waals surface area contributed by atoms with Gasteiger partial charge in [-0.3, -0.25) is 9.98 Å². The molecule has 0 heterocycles. The third kappa shape index (κ3) is 4.94. The Labute approximate surface area is 56.0 Å². The first-order chi connectivity index (χ1) is 4.31. The van der Waals surface area contributed by atoms with Crippen LogP contribution in [0.2, 0.25) is 0 Å². The van der Waals surface area contributed by atoms with E-state index in [0.717, 1.165) is 12.3 Å². The SMILES string of the molecule is C=C/N=C\C(C)=N\CC. The Morgan fingerprint density at radius 3 is 2.78 bits per heavy atom. The van der Waals surface area contributed by atoms with E-state index in [0.29, 0.717) is 0 Å². The molecule has 0 N–H and O–H groups in total. The first-order valence-corrected chi connectivity index (χ1v) is 2.96. The smallest absolute Gasteiger partial charge is 0.0499 e. The molecule has 0 aliphatic carbocycles. The Kier molecular flexibility index (Phi) is 4.69. The van der Waals surface area contributed by atoms with Crippen molar-refractivity contribution in [2.24, 2.45) is 9.98 Å². The fourth-order valence-electron chi connectivity index (χ4n) is 0.451. The second-order valence-corrected chi connectivity index (χ2v) is 1.58. The maximum Gasteiger partial charge on any atom is 0.0499 e. The van der Waals surface area contributed by atoms with Gasteiger partial charge in [-0.15, -0.1) is 0 Å². The predicted molar refractivity (Wildman–Crippen MR) is 42.3 cm³/mol. The Morgan fingerprint density at radius 1 is 1.67 bits per heavy atom. The molecule has 0 amide bonds. The summed E-state index contributed by atoms with van der Waals surface area (Å²) in [6, 6.07) is 0. The molecule has 0 aliphatic rings. The minimum atomic E-state index is 0.814. The van der Waals surface area contributed by atoms with Gasteiger partial charge in [-0.05, 0) is 13.8 Å². The molecule has 0 saturated heterocycles. The van der Waals surface area contributed by atoms with Crippen LogP contribution in [-0.4, -0.2) is 18.5 Å². The summed E-state index contributed by atoms with van der Waals surface area (Å²) in [5.74, 6) is 0. The lowest BCUT2D eigenvalue weighted by atomic mass is 10.4. The molecule has 0 atom stereocenters. The Balaban J connectivity index is 3.74. The molecule has 2 heteroatoms. The Hall–Kier alpha value is -0.920. The quantitative estimate of drug-likeness (QED) is 0.511. The highest BCUT2D eigenvalue weighted by molar-refractivity contribution is 6.29. The minimum absolute atomic E-state index is 0.814. The van der Waals surface area contributed by atoms with Crippen LogP contribution in [0, 0.1) is 0 Å². The average Bonchev–Trinajstić information content (AvgIpc) is 1.85. The highest BCUT2D eigenvalue weighted by atomic mass is 14.7. The van der Waals surface area contributed by atoms with E-state index < -0.39 is 0 Å². The monoisotopic (exact) mass is 124 g/mol. The summed E-state index contributed by atoms with van der Waals surface area (Å²) in [6.07, 6.45) is 3.19. The Morgan fingerprint density at radius 2 is 2.33 bits per heavy atom. The van der Waals surface area contributed by atoms with Crippen molar-refractivity contribution in [3.63, 3.8) is 0 Å². The van der Waals surface area contributed by atoms with Gasteiger partial charge in [0.1, 0.15) is 0 Å². The fourth-order valence-corrected chi connectivity index (χ4v) is 0.451. The van der Waals surface area contributed by atoms with E-state index in [-0.39, 0.29) is 0 Å². The van der Waals surface area contributed by atoms with Crippen molar-refractivity contribution >= 4 is 11.9 Å². The average molecular weight is 124 g/mol. The molecule has 0 unspecified atom stereocenters. The highest BCUT2D eigenvalue weighted by Crippen LogP contribution is 1.74. The molecule has 0 bridgehead atoms. The topological polar surface area (TPSA) is 24.7 Å². The van der Waals surface area contributed by atoms with Crippen molar-refractivity contribution in [2.75, 3.05) is 6.54 Å². The lowest BCUT2D eigenvalue weighted by molar-refractivity contribution is 1.13. The van der Waals surface area contributed by atoms with Crippen LogP contribution in [-0.2, 0) is 0 Å². The van der Waals surface area contributed by atoms with E-state index in [4.69, 9.17) is 0 Å². The van der Waals surface area contributed by atoms with Crippen LogP contribution in [0.25, 0.3) is 0 Å². The van der Waals surface area contributed by atoms with Gasteiger partial charge in [0.25, 0.3) is 0 Å². The molecule has 50 valence electrons. The van der Waals surface area contributed by atoms with E-state index in [1.807, 2.05) is 13.8 Å².